The Kier molecular flexibility index (Phi) is 3.05. The summed E-state index contributed by atoms with van der Waals surface area (Å²) in [6.07, 6.45) is 3.06. The molecule has 1 aromatic heterocycles. The average molecular weight is 224 g/mol. The van der Waals surface area contributed by atoms with Gasteiger partial charge in [-0.25, -0.2) is 0 Å². The van der Waals surface area contributed by atoms with Crippen molar-refractivity contribution in [1.29, 1.82) is 0 Å². The van der Waals surface area contributed by atoms with E-state index in [0.717, 1.165) is 5.69 Å². The van der Waals surface area contributed by atoms with E-state index in [4.69, 9.17) is 0 Å². The van der Waals surface area contributed by atoms with Gasteiger partial charge in [-0.2, -0.15) is 11.8 Å². The third-order valence-electron chi connectivity index (χ3n) is 2.81. The first-order chi connectivity index (χ1) is 7.16. The van der Waals surface area contributed by atoms with Gasteiger partial charge in [0.25, 0.3) is 0 Å². The highest BCUT2D eigenvalue weighted by atomic mass is 32.2. The van der Waals surface area contributed by atoms with Crippen LogP contribution >= 0.6 is 11.8 Å². The second-order valence-corrected chi connectivity index (χ2v) is 5.47. The molecule has 0 saturated carbocycles. The molecule has 2 unspecified atom stereocenters. The number of aromatic nitrogens is 1. The fourth-order valence-electron chi connectivity index (χ4n) is 1.81. The third kappa shape index (κ3) is 2.37. The number of nitrogens with one attached hydrogen (secondary N) is 1. The zero-order valence-electron chi connectivity index (χ0n) is 9.06. The van der Waals surface area contributed by atoms with E-state index < -0.39 is 0 Å². The molecule has 1 aliphatic heterocycles. The van der Waals surface area contributed by atoms with Gasteiger partial charge in [0.15, 0.2) is 0 Å². The van der Waals surface area contributed by atoms with Crippen LogP contribution in [0.4, 0.5) is 5.69 Å². The largest absolute Gasteiger partial charge is 0.380 e. The minimum Gasteiger partial charge on any atom is -0.380 e. The molecular formula is C11H16N2OS. The maximum absolute atomic E-state index is 11.2. The van der Waals surface area contributed by atoms with Crippen LogP contribution in [0.1, 0.15) is 13.3 Å². The summed E-state index contributed by atoms with van der Waals surface area (Å²) in [4.78, 5) is 11.2. The van der Waals surface area contributed by atoms with Gasteiger partial charge < -0.3 is 9.88 Å². The summed E-state index contributed by atoms with van der Waals surface area (Å²) >= 11 is 2.00. The lowest BCUT2D eigenvalue weighted by Gasteiger charge is -2.18. The summed E-state index contributed by atoms with van der Waals surface area (Å²) in [5, 5.41) is 4.13. The molecule has 0 bridgehead atoms. The van der Waals surface area contributed by atoms with Crippen LogP contribution in [0.25, 0.3) is 0 Å². The molecule has 0 spiro atoms. The first-order valence-electron chi connectivity index (χ1n) is 5.21. The van der Waals surface area contributed by atoms with Crippen molar-refractivity contribution in [1.82, 2.24) is 4.57 Å². The van der Waals surface area contributed by atoms with E-state index in [1.165, 1.54) is 12.2 Å². The highest BCUT2D eigenvalue weighted by Gasteiger charge is 2.23. The molecular weight excluding hydrogens is 208 g/mol. The summed E-state index contributed by atoms with van der Waals surface area (Å²) in [5.74, 6) is 1.23. The molecule has 0 aliphatic carbocycles. The SMILES string of the molecule is CC1SCCC1Nc1ccc(=O)n(C)c1. The predicted molar refractivity (Wildman–Crippen MR) is 65.6 cm³/mol. The Balaban J connectivity index is 2.10. The summed E-state index contributed by atoms with van der Waals surface area (Å²) in [7, 11) is 1.78. The second kappa shape index (κ2) is 4.31. The fraction of sp³-hybridized carbons (Fsp3) is 0.545. The first kappa shape index (κ1) is 10.6. The van der Waals surface area contributed by atoms with Crippen LogP contribution in [0, 0.1) is 0 Å². The minimum absolute atomic E-state index is 0.0365. The number of hydrogen-bond donors (Lipinski definition) is 1. The monoisotopic (exact) mass is 224 g/mol. The van der Waals surface area contributed by atoms with Crippen LogP contribution in [0.15, 0.2) is 23.1 Å². The van der Waals surface area contributed by atoms with E-state index in [1.807, 2.05) is 24.0 Å². The highest BCUT2D eigenvalue weighted by Crippen LogP contribution is 2.28. The second-order valence-electron chi connectivity index (χ2n) is 3.98. The van der Waals surface area contributed by atoms with Crippen LogP contribution < -0.4 is 10.9 Å². The van der Waals surface area contributed by atoms with Crippen LogP contribution in [0.5, 0.6) is 0 Å². The van der Waals surface area contributed by atoms with E-state index in [9.17, 15) is 4.79 Å². The minimum atomic E-state index is 0.0365. The molecule has 2 heterocycles. The van der Waals surface area contributed by atoms with Gasteiger partial charge in [0.05, 0.1) is 5.69 Å². The summed E-state index contributed by atoms with van der Waals surface area (Å²) < 4.78 is 1.61. The van der Waals surface area contributed by atoms with Crippen molar-refractivity contribution in [2.45, 2.75) is 24.6 Å². The Hall–Kier alpha value is -0.900. The summed E-state index contributed by atoms with van der Waals surface area (Å²) in [5.41, 5.74) is 1.07. The maximum atomic E-state index is 11.2. The van der Waals surface area contributed by atoms with E-state index >= 15 is 0 Å². The van der Waals surface area contributed by atoms with Gasteiger partial charge >= 0.3 is 0 Å². The molecule has 1 aromatic rings. The molecule has 0 radical (unpaired) electrons. The van der Waals surface area contributed by atoms with Crippen LogP contribution in [-0.4, -0.2) is 21.6 Å². The zero-order valence-corrected chi connectivity index (χ0v) is 9.88. The van der Waals surface area contributed by atoms with Crippen molar-refractivity contribution in [2.75, 3.05) is 11.1 Å². The third-order valence-corrected chi connectivity index (χ3v) is 4.14. The van der Waals surface area contributed by atoms with Crippen molar-refractivity contribution in [3.05, 3.63) is 28.7 Å². The van der Waals surface area contributed by atoms with Gasteiger partial charge in [0, 0.05) is 30.6 Å². The standard InChI is InChI=1S/C11H16N2OS/c1-8-10(5-6-15-8)12-9-3-4-11(14)13(2)7-9/h3-4,7-8,10,12H,5-6H2,1-2H3. The van der Waals surface area contributed by atoms with E-state index in [0.29, 0.717) is 11.3 Å². The van der Waals surface area contributed by atoms with Crippen LogP contribution in [-0.2, 0) is 7.05 Å². The molecule has 1 saturated heterocycles. The number of hydrogen-bond acceptors (Lipinski definition) is 3. The van der Waals surface area contributed by atoms with E-state index in [-0.39, 0.29) is 5.56 Å². The molecule has 0 aromatic carbocycles. The normalized spacial score (nSPS) is 25.5. The van der Waals surface area contributed by atoms with Crippen molar-refractivity contribution in [3.63, 3.8) is 0 Å². The lowest BCUT2D eigenvalue weighted by Crippen LogP contribution is -2.26. The van der Waals surface area contributed by atoms with Gasteiger partial charge in [-0.05, 0) is 18.2 Å². The maximum Gasteiger partial charge on any atom is 0.250 e. The van der Waals surface area contributed by atoms with Crippen LogP contribution in [0.2, 0.25) is 0 Å². The average Bonchev–Trinajstić information content (AvgIpc) is 2.59. The molecule has 82 valence electrons. The van der Waals surface area contributed by atoms with Gasteiger partial charge in [0.2, 0.25) is 5.56 Å². The number of nitrogens with zero attached hydrogens (tertiary/aromatic N) is 1. The Morgan fingerprint density at radius 2 is 2.33 bits per heavy atom. The quantitative estimate of drug-likeness (QED) is 0.830. The lowest BCUT2D eigenvalue weighted by molar-refractivity contribution is 0.721. The zero-order chi connectivity index (χ0) is 10.8. The molecule has 1 fully saturated rings. The van der Waals surface area contributed by atoms with Crippen LogP contribution in [0.3, 0.4) is 0 Å². The van der Waals surface area contributed by atoms with Gasteiger partial charge in [0.1, 0.15) is 0 Å². The number of rotatable bonds is 2. The lowest BCUT2D eigenvalue weighted by atomic mass is 10.1. The molecule has 15 heavy (non-hydrogen) atoms. The van der Waals surface area contributed by atoms with Gasteiger partial charge in [-0.1, -0.05) is 6.92 Å². The fourth-order valence-corrected chi connectivity index (χ4v) is 3.01. The Morgan fingerprint density at radius 1 is 1.53 bits per heavy atom. The Bertz CT molecular complexity index is 402. The topological polar surface area (TPSA) is 34.0 Å². The molecule has 2 rings (SSSR count). The molecule has 0 amide bonds. The Morgan fingerprint density at radius 3 is 2.93 bits per heavy atom. The van der Waals surface area contributed by atoms with Crippen molar-refractivity contribution < 1.29 is 0 Å². The first-order valence-corrected chi connectivity index (χ1v) is 6.26. The van der Waals surface area contributed by atoms with Gasteiger partial charge in [-0.3, -0.25) is 4.79 Å². The van der Waals surface area contributed by atoms with Crippen molar-refractivity contribution >= 4 is 17.4 Å². The van der Waals surface area contributed by atoms with Gasteiger partial charge in [-0.15, -0.1) is 0 Å². The summed E-state index contributed by atoms with van der Waals surface area (Å²) in [6, 6.07) is 4.00. The smallest absolute Gasteiger partial charge is 0.250 e. The highest BCUT2D eigenvalue weighted by molar-refractivity contribution is 8.00. The van der Waals surface area contributed by atoms with Crippen molar-refractivity contribution in [3.8, 4) is 0 Å². The van der Waals surface area contributed by atoms with Crippen molar-refractivity contribution in [2.24, 2.45) is 7.05 Å². The Labute approximate surface area is 93.9 Å². The number of pyridine rings is 1. The van der Waals surface area contributed by atoms with E-state index in [2.05, 4.69) is 12.2 Å². The van der Waals surface area contributed by atoms with E-state index in [1.54, 1.807) is 17.7 Å². The molecule has 4 heteroatoms. The number of thioether (sulfide) groups is 1. The molecule has 3 nitrogen and oxygen atoms in total. The number of aryl methyl sites for hydroxylation is 1. The number of anilines is 1. The molecule has 2 atom stereocenters. The summed E-state index contributed by atoms with van der Waals surface area (Å²) in [6.45, 7) is 2.25. The molecule has 1 N–H and O–H groups in total. The molecule has 1 aliphatic rings. The predicted octanol–water partition coefficient (Wildman–Crippen LogP) is 1.69.